The number of halogens is 1. The molecule has 1 aromatic carbocycles. The maximum absolute atomic E-state index is 12.1. The van der Waals surface area contributed by atoms with Crippen molar-refractivity contribution in [2.45, 2.75) is 25.8 Å². The number of anilines is 1. The van der Waals surface area contributed by atoms with Crippen LogP contribution >= 0.6 is 22.6 Å². The molecule has 1 aliphatic rings. The van der Waals surface area contributed by atoms with E-state index in [4.69, 9.17) is 0 Å². The summed E-state index contributed by atoms with van der Waals surface area (Å²) in [4.78, 5) is 14.3. The fourth-order valence-electron chi connectivity index (χ4n) is 2.50. The molecule has 1 aromatic rings. The van der Waals surface area contributed by atoms with E-state index in [-0.39, 0.29) is 5.91 Å². The summed E-state index contributed by atoms with van der Waals surface area (Å²) in [6, 6.07) is 8.42. The van der Waals surface area contributed by atoms with Crippen molar-refractivity contribution in [1.29, 1.82) is 0 Å². The second-order valence-corrected chi connectivity index (χ2v) is 6.43. The largest absolute Gasteiger partial charge is 0.325 e. The summed E-state index contributed by atoms with van der Waals surface area (Å²) < 4.78 is 1.13. The fourth-order valence-corrected chi connectivity index (χ4v) is 3.04. The fraction of sp³-hybridized carbons (Fsp3) is 0.533. The number of hydrogen-bond donors (Lipinski definition) is 2. The Hall–Kier alpha value is -0.660. The van der Waals surface area contributed by atoms with E-state index in [2.05, 4.69) is 45.0 Å². The summed E-state index contributed by atoms with van der Waals surface area (Å²) in [5.74, 6) is 0.0619. The van der Waals surface area contributed by atoms with Crippen LogP contribution in [0.4, 0.5) is 5.69 Å². The lowest BCUT2D eigenvalue weighted by Gasteiger charge is -2.23. The summed E-state index contributed by atoms with van der Waals surface area (Å²) in [7, 11) is 0. The van der Waals surface area contributed by atoms with Crippen LogP contribution in [-0.4, -0.2) is 43.0 Å². The van der Waals surface area contributed by atoms with Gasteiger partial charge in [0.05, 0.1) is 6.54 Å². The lowest BCUT2D eigenvalue weighted by atomic mass is 10.2. The Labute approximate surface area is 134 Å². The van der Waals surface area contributed by atoms with E-state index in [1.807, 2.05) is 24.3 Å². The minimum atomic E-state index is 0.0619. The lowest BCUT2D eigenvalue weighted by molar-refractivity contribution is -0.117. The highest BCUT2D eigenvalue weighted by Gasteiger charge is 2.18. The molecule has 5 heteroatoms. The van der Waals surface area contributed by atoms with E-state index in [1.54, 1.807) is 0 Å². The first-order chi connectivity index (χ1) is 9.67. The number of rotatable bonds is 6. The quantitative estimate of drug-likeness (QED) is 0.737. The Balaban J connectivity index is 1.82. The van der Waals surface area contributed by atoms with Gasteiger partial charge in [0.15, 0.2) is 0 Å². The molecule has 1 aliphatic heterocycles. The first-order valence-electron chi connectivity index (χ1n) is 7.18. The standard InChI is InChI=1S/C15H22IN3O/c1-2-19(10-14-7-4-8-17-14)11-15(20)18-13-6-3-5-12(16)9-13/h3,5-6,9,14,17H,2,4,7-8,10-11H2,1H3,(H,18,20). The summed E-state index contributed by atoms with van der Waals surface area (Å²) in [6.45, 7) is 5.53. The van der Waals surface area contributed by atoms with Crippen LogP contribution < -0.4 is 10.6 Å². The highest BCUT2D eigenvalue weighted by Crippen LogP contribution is 2.12. The number of nitrogens with one attached hydrogen (secondary N) is 2. The molecular formula is C15H22IN3O. The van der Waals surface area contributed by atoms with Gasteiger partial charge in [0, 0.05) is 21.8 Å². The van der Waals surface area contributed by atoms with Gasteiger partial charge < -0.3 is 10.6 Å². The Bertz CT molecular complexity index is 446. The average molecular weight is 387 g/mol. The highest BCUT2D eigenvalue weighted by atomic mass is 127. The number of hydrogen-bond acceptors (Lipinski definition) is 3. The van der Waals surface area contributed by atoms with Crippen molar-refractivity contribution >= 4 is 34.2 Å². The topological polar surface area (TPSA) is 44.4 Å². The number of carbonyl (C=O) groups is 1. The second kappa shape index (κ2) is 7.95. The van der Waals surface area contributed by atoms with Crippen molar-refractivity contribution in [3.05, 3.63) is 27.8 Å². The normalized spacial score (nSPS) is 18.4. The molecule has 20 heavy (non-hydrogen) atoms. The molecule has 0 saturated carbocycles. The maximum atomic E-state index is 12.1. The first kappa shape index (κ1) is 15.7. The molecule has 1 fully saturated rings. The molecule has 1 atom stereocenters. The van der Waals surface area contributed by atoms with Crippen LogP contribution in [0, 0.1) is 3.57 Å². The van der Waals surface area contributed by atoms with Gasteiger partial charge in [-0.25, -0.2) is 0 Å². The predicted molar refractivity (Wildman–Crippen MR) is 90.9 cm³/mol. The van der Waals surface area contributed by atoms with Crippen molar-refractivity contribution < 1.29 is 4.79 Å². The van der Waals surface area contributed by atoms with Gasteiger partial charge in [-0.3, -0.25) is 9.69 Å². The van der Waals surface area contributed by atoms with E-state index in [0.29, 0.717) is 12.6 Å². The molecular weight excluding hydrogens is 365 g/mol. The second-order valence-electron chi connectivity index (χ2n) is 5.18. The Morgan fingerprint density at radius 2 is 2.40 bits per heavy atom. The number of benzene rings is 1. The van der Waals surface area contributed by atoms with Gasteiger partial charge in [0.1, 0.15) is 0 Å². The molecule has 1 amide bonds. The summed E-state index contributed by atoms with van der Waals surface area (Å²) in [5.41, 5.74) is 0.872. The zero-order valence-corrected chi connectivity index (χ0v) is 14.0. The third-order valence-electron chi connectivity index (χ3n) is 3.56. The number of likely N-dealkylation sites (N-methyl/N-ethyl adjacent to an activating group) is 1. The van der Waals surface area contributed by atoms with Crippen molar-refractivity contribution in [2.75, 3.05) is 31.5 Å². The van der Waals surface area contributed by atoms with Gasteiger partial charge in [-0.05, 0) is 66.7 Å². The van der Waals surface area contributed by atoms with Gasteiger partial charge in [-0.2, -0.15) is 0 Å². The molecule has 110 valence electrons. The molecule has 4 nitrogen and oxygen atoms in total. The zero-order chi connectivity index (χ0) is 14.4. The van der Waals surface area contributed by atoms with Gasteiger partial charge in [-0.15, -0.1) is 0 Å². The summed E-state index contributed by atoms with van der Waals surface area (Å²) in [5, 5.41) is 6.44. The molecule has 2 rings (SSSR count). The predicted octanol–water partition coefficient (Wildman–Crippen LogP) is 2.30. The molecule has 0 radical (unpaired) electrons. The van der Waals surface area contributed by atoms with Gasteiger partial charge in [0.2, 0.25) is 5.91 Å². The lowest BCUT2D eigenvalue weighted by Crippen LogP contribution is -2.41. The van der Waals surface area contributed by atoms with E-state index in [9.17, 15) is 4.79 Å². The van der Waals surface area contributed by atoms with Crippen molar-refractivity contribution in [1.82, 2.24) is 10.2 Å². The molecule has 0 bridgehead atoms. The molecule has 1 unspecified atom stereocenters. The molecule has 0 aliphatic carbocycles. The van der Waals surface area contributed by atoms with Crippen molar-refractivity contribution in [3.63, 3.8) is 0 Å². The highest BCUT2D eigenvalue weighted by molar-refractivity contribution is 14.1. The third-order valence-corrected chi connectivity index (χ3v) is 4.23. The van der Waals surface area contributed by atoms with Crippen LogP contribution in [0.3, 0.4) is 0 Å². The summed E-state index contributed by atoms with van der Waals surface area (Å²) >= 11 is 2.25. The number of amides is 1. The Kier molecular flexibility index (Phi) is 6.25. The van der Waals surface area contributed by atoms with E-state index < -0.39 is 0 Å². The van der Waals surface area contributed by atoms with Crippen LogP contribution in [0.5, 0.6) is 0 Å². The van der Waals surface area contributed by atoms with Crippen molar-refractivity contribution in [2.24, 2.45) is 0 Å². The smallest absolute Gasteiger partial charge is 0.238 e. The summed E-state index contributed by atoms with van der Waals surface area (Å²) in [6.07, 6.45) is 2.46. The van der Waals surface area contributed by atoms with Crippen molar-refractivity contribution in [3.8, 4) is 0 Å². The minimum absolute atomic E-state index is 0.0619. The SMILES string of the molecule is CCN(CC(=O)Nc1cccc(I)c1)CC1CCCN1. The van der Waals surface area contributed by atoms with Gasteiger partial charge in [-0.1, -0.05) is 13.0 Å². The monoisotopic (exact) mass is 387 g/mol. The first-order valence-corrected chi connectivity index (χ1v) is 8.26. The van der Waals surface area contributed by atoms with Gasteiger partial charge >= 0.3 is 0 Å². The molecule has 1 heterocycles. The van der Waals surface area contributed by atoms with E-state index in [0.717, 1.165) is 28.9 Å². The van der Waals surface area contributed by atoms with E-state index >= 15 is 0 Å². The Morgan fingerprint density at radius 3 is 3.05 bits per heavy atom. The van der Waals surface area contributed by atoms with Crippen LogP contribution in [0.1, 0.15) is 19.8 Å². The van der Waals surface area contributed by atoms with E-state index in [1.165, 1.54) is 12.8 Å². The minimum Gasteiger partial charge on any atom is -0.325 e. The number of carbonyl (C=O) groups excluding carboxylic acids is 1. The zero-order valence-electron chi connectivity index (χ0n) is 11.9. The van der Waals surface area contributed by atoms with Crippen LogP contribution in [0.15, 0.2) is 24.3 Å². The van der Waals surface area contributed by atoms with Crippen LogP contribution in [0.25, 0.3) is 0 Å². The maximum Gasteiger partial charge on any atom is 0.238 e. The van der Waals surface area contributed by atoms with Gasteiger partial charge in [0.25, 0.3) is 0 Å². The molecule has 1 saturated heterocycles. The molecule has 2 N–H and O–H groups in total. The number of nitrogens with zero attached hydrogens (tertiary/aromatic N) is 1. The average Bonchev–Trinajstić information content (AvgIpc) is 2.90. The third kappa shape index (κ3) is 5.03. The van der Waals surface area contributed by atoms with Crippen LogP contribution in [0.2, 0.25) is 0 Å². The molecule has 0 spiro atoms. The van der Waals surface area contributed by atoms with Crippen LogP contribution in [-0.2, 0) is 4.79 Å². The Morgan fingerprint density at radius 1 is 1.55 bits per heavy atom. The molecule has 0 aromatic heterocycles.